The molecule has 4 N–H and O–H groups in total. The Morgan fingerprint density at radius 3 is 2.88 bits per heavy atom. The normalized spacial score (nSPS) is 15.6. The van der Waals surface area contributed by atoms with Crippen molar-refractivity contribution in [2.45, 2.75) is 19.3 Å². The molecule has 0 saturated heterocycles. The van der Waals surface area contributed by atoms with Gasteiger partial charge in [-0.25, -0.2) is 0 Å². The fourth-order valence-corrected chi connectivity index (χ4v) is 2.94. The van der Waals surface area contributed by atoms with Crippen molar-refractivity contribution < 1.29 is 4.79 Å². The molecule has 0 spiro atoms. The SMILES string of the molecule is [N-]=[N+]=NC(=O)c1ccc(CC[C@H]2CNc3nc(N)[nH]c(=O)c3C2)cc1. The Morgan fingerprint density at radius 2 is 2.16 bits per heavy atom. The van der Waals surface area contributed by atoms with Crippen LogP contribution in [0, 0.1) is 5.92 Å². The van der Waals surface area contributed by atoms with Gasteiger partial charge in [0.15, 0.2) is 0 Å². The van der Waals surface area contributed by atoms with Gasteiger partial charge in [-0.15, -0.1) is 0 Å². The van der Waals surface area contributed by atoms with Gasteiger partial charge in [-0.2, -0.15) is 4.98 Å². The number of anilines is 2. The van der Waals surface area contributed by atoms with Gasteiger partial charge in [-0.3, -0.25) is 14.6 Å². The molecular formula is C16H17N7O2. The molecule has 3 rings (SSSR count). The number of amides is 1. The van der Waals surface area contributed by atoms with Crippen molar-refractivity contribution in [1.82, 2.24) is 9.97 Å². The molecule has 128 valence electrons. The molecule has 1 aromatic carbocycles. The van der Waals surface area contributed by atoms with E-state index in [2.05, 4.69) is 25.3 Å². The van der Waals surface area contributed by atoms with E-state index >= 15 is 0 Å². The van der Waals surface area contributed by atoms with Crippen LogP contribution in [-0.4, -0.2) is 22.4 Å². The number of benzene rings is 1. The van der Waals surface area contributed by atoms with Crippen LogP contribution in [0.4, 0.5) is 11.8 Å². The highest BCUT2D eigenvalue weighted by molar-refractivity contribution is 5.94. The van der Waals surface area contributed by atoms with Gasteiger partial charge >= 0.3 is 0 Å². The fraction of sp³-hybridized carbons (Fsp3) is 0.312. The highest BCUT2D eigenvalue weighted by Gasteiger charge is 2.22. The minimum Gasteiger partial charge on any atom is -0.369 e. The molecule has 0 unspecified atom stereocenters. The summed E-state index contributed by atoms with van der Waals surface area (Å²) in [7, 11) is 0. The van der Waals surface area contributed by atoms with E-state index in [1.165, 1.54) is 0 Å². The Morgan fingerprint density at radius 1 is 1.40 bits per heavy atom. The summed E-state index contributed by atoms with van der Waals surface area (Å²) < 4.78 is 0. The van der Waals surface area contributed by atoms with Crippen LogP contribution < -0.4 is 16.6 Å². The Kier molecular flexibility index (Phi) is 4.67. The molecule has 1 aliphatic heterocycles. The first-order valence-electron chi connectivity index (χ1n) is 7.87. The summed E-state index contributed by atoms with van der Waals surface area (Å²) in [6, 6.07) is 7.00. The zero-order valence-electron chi connectivity index (χ0n) is 13.4. The lowest BCUT2D eigenvalue weighted by Crippen LogP contribution is -2.30. The number of nitrogens with one attached hydrogen (secondary N) is 2. The van der Waals surface area contributed by atoms with Gasteiger partial charge in [0.25, 0.3) is 5.56 Å². The fourth-order valence-electron chi connectivity index (χ4n) is 2.94. The number of carbonyl (C=O) groups is 1. The smallest absolute Gasteiger partial charge is 0.257 e. The predicted octanol–water partition coefficient (Wildman–Crippen LogP) is 2.02. The third-order valence-corrected chi connectivity index (χ3v) is 4.26. The third kappa shape index (κ3) is 3.78. The van der Waals surface area contributed by atoms with Crippen molar-refractivity contribution in [3.05, 3.63) is 61.8 Å². The van der Waals surface area contributed by atoms with E-state index in [-0.39, 0.29) is 11.5 Å². The van der Waals surface area contributed by atoms with Crippen LogP contribution in [0.1, 0.15) is 27.9 Å². The molecule has 9 heteroatoms. The first kappa shape index (κ1) is 16.5. The number of aryl methyl sites for hydroxylation is 1. The van der Waals surface area contributed by atoms with Crippen LogP contribution in [0.3, 0.4) is 0 Å². The van der Waals surface area contributed by atoms with Gasteiger partial charge in [-0.05, 0) is 41.4 Å². The maximum atomic E-state index is 12.0. The topological polar surface area (TPSA) is 150 Å². The van der Waals surface area contributed by atoms with E-state index in [4.69, 9.17) is 11.3 Å². The van der Waals surface area contributed by atoms with Gasteiger partial charge in [0, 0.05) is 17.0 Å². The maximum absolute atomic E-state index is 12.0. The summed E-state index contributed by atoms with van der Waals surface area (Å²) in [5.74, 6) is 0.403. The van der Waals surface area contributed by atoms with E-state index < -0.39 is 5.91 Å². The number of azide groups is 1. The maximum Gasteiger partial charge on any atom is 0.257 e. The quantitative estimate of drug-likeness (QED) is 0.442. The van der Waals surface area contributed by atoms with Crippen molar-refractivity contribution in [2.24, 2.45) is 11.0 Å². The van der Waals surface area contributed by atoms with Gasteiger partial charge < -0.3 is 11.1 Å². The molecule has 0 bridgehead atoms. The number of fused-ring (bicyclic) bond motifs is 1. The van der Waals surface area contributed by atoms with Crippen LogP contribution in [0.25, 0.3) is 10.4 Å². The molecule has 2 heterocycles. The van der Waals surface area contributed by atoms with Gasteiger partial charge in [-0.1, -0.05) is 24.3 Å². The van der Waals surface area contributed by atoms with Crippen LogP contribution >= 0.6 is 0 Å². The van der Waals surface area contributed by atoms with E-state index in [1.807, 2.05) is 12.1 Å². The van der Waals surface area contributed by atoms with Crippen LogP contribution in [0.5, 0.6) is 0 Å². The molecule has 1 aliphatic rings. The highest BCUT2D eigenvalue weighted by Crippen LogP contribution is 2.23. The summed E-state index contributed by atoms with van der Waals surface area (Å²) in [4.78, 5) is 32.6. The van der Waals surface area contributed by atoms with E-state index in [0.29, 0.717) is 29.3 Å². The lowest BCUT2D eigenvalue weighted by atomic mass is 9.91. The Bertz CT molecular complexity index is 898. The zero-order chi connectivity index (χ0) is 17.8. The van der Waals surface area contributed by atoms with Gasteiger partial charge in [0.1, 0.15) is 5.82 Å². The largest absolute Gasteiger partial charge is 0.369 e. The van der Waals surface area contributed by atoms with E-state index in [0.717, 1.165) is 24.9 Å². The standard InChI is InChI=1S/C16H17N7O2/c17-16-20-13-12(15(25)21-16)7-10(8-19-13)2-1-9-3-5-11(6-4-9)14(24)22-23-18/h3-6,10H,1-2,7-8H2,(H4,17,19,20,21,25)/t10-/m1/s1. The average Bonchev–Trinajstić information content (AvgIpc) is 2.61. The number of H-pyrrole nitrogens is 1. The number of nitrogens with zero attached hydrogens (tertiary/aromatic N) is 4. The number of aromatic amines is 1. The van der Waals surface area contributed by atoms with Crippen molar-refractivity contribution in [3.8, 4) is 0 Å². The third-order valence-electron chi connectivity index (χ3n) is 4.26. The molecule has 0 saturated carbocycles. The molecule has 1 aromatic heterocycles. The van der Waals surface area contributed by atoms with E-state index in [9.17, 15) is 9.59 Å². The number of nitrogen functional groups attached to an aromatic ring is 1. The Labute approximate surface area is 142 Å². The van der Waals surface area contributed by atoms with Crippen LogP contribution in [0.2, 0.25) is 0 Å². The molecule has 0 aliphatic carbocycles. The predicted molar refractivity (Wildman–Crippen MR) is 93.2 cm³/mol. The number of nitrogens with two attached hydrogens (primary N) is 1. The second-order valence-corrected chi connectivity index (χ2v) is 5.96. The average molecular weight is 339 g/mol. The molecule has 1 amide bonds. The van der Waals surface area contributed by atoms with Crippen molar-refractivity contribution in [1.29, 1.82) is 0 Å². The first-order chi connectivity index (χ1) is 12.1. The summed E-state index contributed by atoms with van der Waals surface area (Å²) in [6.45, 7) is 0.732. The number of carbonyl (C=O) groups excluding carboxylic acids is 1. The molecular weight excluding hydrogens is 322 g/mol. The van der Waals surface area contributed by atoms with Crippen molar-refractivity contribution in [3.63, 3.8) is 0 Å². The van der Waals surface area contributed by atoms with Gasteiger partial charge in [0.2, 0.25) is 11.9 Å². The van der Waals surface area contributed by atoms with Gasteiger partial charge in [0.05, 0.1) is 5.56 Å². The number of hydrogen-bond donors (Lipinski definition) is 3. The van der Waals surface area contributed by atoms with Crippen molar-refractivity contribution >= 4 is 17.7 Å². The number of rotatable bonds is 4. The molecule has 0 radical (unpaired) electrons. The Balaban J connectivity index is 1.62. The minimum atomic E-state index is -0.590. The minimum absolute atomic E-state index is 0.116. The van der Waals surface area contributed by atoms with Crippen LogP contribution in [0.15, 0.2) is 34.2 Å². The molecule has 25 heavy (non-hydrogen) atoms. The zero-order valence-corrected chi connectivity index (χ0v) is 13.4. The van der Waals surface area contributed by atoms with Crippen LogP contribution in [-0.2, 0) is 12.8 Å². The highest BCUT2D eigenvalue weighted by atomic mass is 16.1. The summed E-state index contributed by atoms with van der Waals surface area (Å²) >= 11 is 0. The monoisotopic (exact) mass is 339 g/mol. The summed E-state index contributed by atoms with van der Waals surface area (Å²) in [5, 5.41) is 6.23. The second kappa shape index (κ2) is 7.06. The lowest BCUT2D eigenvalue weighted by molar-refractivity contribution is 0.100. The molecule has 0 fully saturated rings. The molecule has 1 atom stereocenters. The van der Waals surface area contributed by atoms with Crippen molar-refractivity contribution in [2.75, 3.05) is 17.6 Å². The summed E-state index contributed by atoms with van der Waals surface area (Å²) in [6.07, 6.45) is 2.36. The van der Waals surface area contributed by atoms with E-state index in [1.54, 1.807) is 12.1 Å². The second-order valence-electron chi connectivity index (χ2n) is 5.96. The molecule has 9 nitrogen and oxygen atoms in total. The summed E-state index contributed by atoms with van der Waals surface area (Å²) in [5.41, 5.74) is 15.7. The Hall–Kier alpha value is -3.32. The lowest BCUT2D eigenvalue weighted by Gasteiger charge is -2.24. The molecule has 2 aromatic rings. The number of aromatic nitrogens is 2. The first-order valence-corrected chi connectivity index (χ1v) is 7.87. The number of hydrogen-bond acceptors (Lipinski definition) is 5.